The summed E-state index contributed by atoms with van der Waals surface area (Å²) in [7, 11) is 0. The van der Waals surface area contributed by atoms with Gasteiger partial charge >= 0.3 is 0 Å². The fourth-order valence-corrected chi connectivity index (χ4v) is 5.23. The summed E-state index contributed by atoms with van der Waals surface area (Å²) in [5.74, 6) is 0.666. The fraction of sp³-hybridized carbons (Fsp3) is 0.419. The first-order valence-electron chi connectivity index (χ1n) is 14.8. The van der Waals surface area contributed by atoms with Gasteiger partial charge in [-0.1, -0.05) is 13.0 Å². The van der Waals surface area contributed by atoms with Crippen LogP contribution in [-0.2, 0) is 14.4 Å². The maximum absolute atomic E-state index is 13.1. The summed E-state index contributed by atoms with van der Waals surface area (Å²) in [6, 6.07) is 8.81. The number of nitrogens with two attached hydrogens (primary N) is 1. The Labute approximate surface area is 251 Å². The van der Waals surface area contributed by atoms with Crippen LogP contribution in [0.3, 0.4) is 0 Å². The highest BCUT2D eigenvalue weighted by atomic mass is 16.2. The minimum Gasteiger partial charge on any atom is -0.387 e. The van der Waals surface area contributed by atoms with E-state index in [0.717, 1.165) is 17.8 Å². The lowest BCUT2D eigenvalue weighted by molar-refractivity contribution is -0.127. The van der Waals surface area contributed by atoms with Gasteiger partial charge in [-0.3, -0.25) is 19.2 Å². The number of likely N-dealkylation sites (N-methyl/N-ethyl adjacent to an activating group) is 1. The van der Waals surface area contributed by atoms with Gasteiger partial charge in [-0.2, -0.15) is 0 Å². The van der Waals surface area contributed by atoms with E-state index in [0.29, 0.717) is 86.9 Å². The number of aromatic nitrogens is 1. The number of hydrogen-bond acceptors (Lipinski definition) is 8. The summed E-state index contributed by atoms with van der Waals surface area (Å²) in [6.45, 7) is 7.49. The highest BCUT2D eigenvalue weighted by molar-refractivity contribution is 6.07. The van der Waals surface area contributed by atoms with Gasteiger partial charge in [-0.05, 0) is 56.5 Å². The number of carbonyl (C=O) groups is 4. The lowest BCUT2D eigenvalue weighted by atomic mass is 9.96. The normalized spacial score (nSPS) is 14.9. The largest absolute Gasteiger partial charge is 0.387 e. The Morgan fingerprint density at radius 2 is 1.91 bits per heavy atom. The molecule has 2 aliphatic heterocycles. The first-order valence-corrected chi connectivity index (χ1v) is 14.8. The van der Waals surface area contributed by atoms with Crippen LogP contribution in [0.5, 0.6) is 0 Å². The van der Waals surface area contributed by atoms with Crippen LogP contribution in [0.25, 0.3) is 6.08 Å². The van der Waals surface area contributed by atoms with Gasteiger partial charge in [0.15, 0.2) is 0 Å². The van der Waals surface area contributed by atoms with E-state index in [4.69, 9.17) is 5.73 Å². The second-order valence-corrected chi connectivity index (χ2v) is 10.6. The van der Waals surface area contributed by atoms with E-state index in [-0.39, 0.29) is 30.1 Å². The lowest BCUT2D eigenvalue weighted by Gasteiger charge is -2.32. The topological polar surface area (TPSA) is 162 Å². The van der Waals surface area contributed by atoms with Crippen molar-refractivity contribution < 1.29 is 19.2 Å². The number of benzene rings is 1. The van der Waals surface area contributed by atoms with Crippen LogP contribution in [0.4, 0.5) is 17.2 Å². The fourth-order valence-electron chi connectivity index (χ4n) is 5.23. The lowest BCUT2D eigenvalue weighted by Crippen LogP contribution is -2.42. The van der Waals surface area contributed by atoms with Crippen LogP contribution in [0.1, 0.15) is 55.5 Å². The molecule has 4 amide bonds. The van der Waals surface area contributed by atoms with Crippen LogP contribution >= 0.6 is 0 Å². The minimum absolute atomic E-state index is 0.00427. The zero-order chi connectivity index (χ0) is 30.8. The van der Waals surface area contributed by atoms with Crippen LogP contribution < -0.4 is 26.6 Å². The van der Waals surface area contributed by atoms with Crippen LogP contribution in [0.15, 0.2) is 47.1 Å². The van der Waals surface area contributed by atoms with Crippen molar-refractivity contribution in [3.8, 4) is 0 Å². The SMILES string of the molecule is CCCN(CC)C(=O)C1=Cc2ccc(C(=O)Nc3ccc(N4CCC(C(=O)NCCNC=O)CC4)nc3)cc2N=C(N)C1. The van der Waals surface area contributed by atoms with Crippen molar-refractivity contribution in [1.29, 1.82) is 0 Å². The van der Waals surface area contributed by atoms with E-state index in [9.17, 15) is 19.2 Å². The summed E-state index contributed by atoms with van der Waals surface area (Å²) in [4.78, 5) is 61.7. The molecule has 43 heavy (non-hydrogen) atoms. The van der Waals surface area contributed by atoms with E-state index < -0.39 is 0 Å². The van der Waals surface area contributed by atoms with Crippen LogP contribution in [0.2, 0.25) is 0 Å². The van der Waals surface area contributed by atoms with E-state index in [1.165, 1.54) is 0 Å². The van der Waals surface area contributed by atoms with Crippen molar-refractivity contribution in [2.75, 3.05) is 49.5 Å². The Hall–Kier alpha value is -4.74. The molecule has 0 spiro atoms. The monoisotopic (exact) mass is 588 g/mol. The van der Waals surface area contributed by atoms with E-state index in [2.05, 4.69) is 30.8 Å². The molecule has 0 unspecified atom stereocenters. The Morgan fingerprint density at radius 1 is 1.12 bits per heavy atom. The number of fused-ring (bicyclic) bond motifs is 1. The van der Waals surface area contributed by atoms with Crippen molar-refractivity contribution in [2.45, 2.75) is 39.5 Å². The quantitative estimate of drug-likeness (QED) is 0.219. The number of hydrogen-bond donors (Lipinski definition) is 4. The van der Waals surface area contributed by atoms with E-state index in [1.807, 2.05) is 26.0 Å². The van der Waals surface area contributed by atoms with Gasteiger partial charge in [-0.25, -0.2) is 9.98 Å². The molecular weight excluding hydrogens is 548 g/mol. The van der Waals surface area contributed by atoms with Crippen molar-refractivity contribution in [1.82, 2.24) is 20.5 Å². The molecule has 12 heteroatoms. The number of anilines is 2. The predicted octanol–water partition coefficient (Wildman–Crippen LogP) is 2.45. The number of aliphatic imine (C=N–C) groups is 1. The molecule has 12 nitrogen and oxygen atoms in total. The molecule has 2 aromatic rings. The second kappa shape index (κ2) is 14.9. The zero-order valence-corrected chi connectivity index (χ0v) is 24.8. The molecule has 228 valence electrons. The van der Waals surface area contributed by atoms with E-state index >= 15 is 0 Å². The molecular formula is C31H40N8O4. The van der Waals surface area contributed by atoms with E-state index in [1.54, 1.807) is 35.4 Å². The molecule has 2 aliphatic rings. The summed E-state index contributed by atoms with van der Waals surface area (Å²) >= 11 is 0. The van der Waals surface area contributed by atoms with Crippen molar-refractivity contribution in [3.05, 3.63) is 53.2 Å². The second-order valence-electron chi connectivity index (χ2n) is 10.6. The number of piperidine rings is 1. The number of carbonyl (C=O) groups excluding carboxylic acids is 4. The molecule has 0 atom stereocenters. The average molecular weight is 589 g/mol. The summed E-state index contributed by atoms with van der Waals surface area (Å²) in [5.41, 5.74) is 8.97. The summed E-state index contributed by atoms with van der Waals surface area (Å²) < 4.78 is 0. The van der Waals surface area contributed by atoms with Gasteiger partial charge < -0.3 is 31.5 Å². The Morgan fingerprint density at radius 3 is 2.58 bits per heavy atom. The number of rotatable bonds is 12. The minimum atomic E-state index is -0.314. The third-order valence-corrected chi connectivity index (χ3v) is 7.54. The Kier molecular flexibility index (Phi) is 10.8. The standard InChI is InChI=1S/C31H40N8O4/c1-3-13-38(4-2)31(43)24-16-22-5-6-23(17-26(22)37-27(32)18-24)30(42)36-25-7-8-28(35-19-25)39-14-9-21(10-15-39)29(41)34-12-11-33-20-40/h5-8,16-17,19-21H,3-4,9-15,18H2,1-2H3,(H2,32,37)(H,33,40)(H,34,41)(H,36,42). The van der Waals surface area contributed by atoms with Crippen molar-refractivity contribution in [3.63, 3.8) is 0 Å². The van der Waals surface area contributed by atoms with Crippen molar-refractivity contribution >= 4 is 53.2 Å². The molecule has 5 N–H and O–H groups in total. The molecule has 1 fully saturated rings. The Balaban J connectivity index is 1.35. The number of pyridine rings is 1. The van der Waals surface area contributed by atoms with Gasteiger partial charge in [0.05, 0.1) is 17.6 Å². The molecule has 1 saturated heterocycles. The maximum Gasteiger partial charge on any atom is 0.255 e. The third kappa shape index (κ3) is 8.18. The van der Waals surface area contributed by atoms with Gasteiger partial charge in [0, 0.05) is 68.3 Å². The van der Waals surface area contributed by atoms with Gasteiger partial charge in [0.25, 0.3) is 5.91 Å². The summed E-state index contributed by atoms with van der Waals surface area (Å²) in [6.07, 6.45) is 6.57. The zero-order valence-electron chi connectivity index (χ0n) is 24.8. The van der Waals surface area contributed by atoms with Gasteiger partial charge in [-0.15, -0.1) is 0 Å². The molecule has 0 saturated carbocycles. The Bertz CT molecular complexity index is 1380. The number of amidine groups is 1. The first-order chi connectivity index (χ1) is 20.8. The molecule has 0 aliphatic carbocycles. The maximum atomic E-state index is 13.1. The number of amides is 4. The number of nitrogens with one attached hydrogen (secondary N) is 3. The highest BCUT2D eigenvalue weighted by Gasteiger charge is 2.25. The molecule has 3 heterocycles. The van der Waals surface area contributed by atoms with Crippen LogP contribution in [-0.4, -0.2) is 79.1 Å². The molecule has 1 aromatic carbocycles. The molecule has 4 rings (SSSR count). The van der Waals surface area contributed by atoms with Gasteiger partial charge in [0.1, 0.15) is 11.7 Å². The van der Waals surface area contributed by atoms with Gasteiger partial charge in [0.2, 0.25) is 18.2 Å². The summed E-state index contributed by atoms with van der Waals surface area (Å²) in [5, 5.41) is 8.26. The molecule has 1 aromatic heterocycles. The highest BCUT2D eigenvalue weighted by Crippen LogP contribution is 2.29. The first kappa shape index (κ1) is 31.2. The van der Waals surface area contributed by atoms with Crippen LogP contribution in [0, 0.1) is 5.92 Å². The number of nitrogens with zero attached hydrogens (tertiary/aromatic N) is 4. The third-order valence-electron chi connectivity index (χ3n) is 7.54. The smallest absolute Gasteiger partial charge is 0.255 e. The molecule has 0 bridgehead atoms. The predicted molar refractivity (Wildman–Crippen MR) is 167 cm³/mol. The average Bonchev–Trinajstić information content (AvgIpc) is 3.19. The van der Waals surface area contributed by atoms with Crippen molar-refractivity contribution in [2.24, 2.45) is 16.6 Å². The molecule has 0 radical (unpaired) electrons.